The second-order valence-electron chi connectivity index (χ2n) is 5.53. The third kappa shape index (κ3) is 5.57. The van der Waals surface area contributed by atoms with Gasteiger partial charge >= 0.3 is 0 Å². The lowest BCUT2D eigenvalue weighted by molar-refractivity contribution is -0.115. The molecule has 5 heteroatoms. The number of aromatic nitrogens is 1. The first kappa shape index (κ1) is 17.3. The molecule has 0 saturated heterocycles. The Hall–Kier alpha value is -2.07. The fourth-order valence-corrected chi connectivity index (χ4v) is 2.31. The zero-order chi connectivity index (χ0) is 16.7. The monoisotopic (exact) mass is 331 g/mol. The molecule has 0 aliphatic rings. The Bertz CT molecular complexity index is 626. The predicted octanol–water partition coefficient (Wildman–Crippen LogP) is 4.15. The van der Waals surface area contributed by atoms with E-state index in [1.165, 1.54) is 0 Å². The minimum Gasteiger partial charge on any atom is -0.360 e. The number of nitrogens with zero attached hydrogens (tertiary/aromatic N) is 2. The van der Waals surface area contributed by atoms with Crippen molar-refractivity contribution >= 4 is 29.0 Å². The van der Waals surface area contributed by atoms with Crippen LogP contribution in [0.25, 0.3) is 0 Å². The van der Waals surface area contributed by atoms with Crippen molar-refractivity contribution in [1.29, 1.82) is 0 Å². The first-order valence-corrected chi connectivity index (χ1v) is 8.17. The summed E-state index contributed by atoms with van der Waals surface area (Å²) < 4.78 is 0. The number of pyridine rings is 1. The third-order valence-electron chi connectivity index (χ3n) is 3.55. The Labute approximate surface area is 142 Å². The maximum absolute atomic E-state index is 12.0. The molecule has 0 fully saturated rings. The molecule has 4 nitrogen and oxygen atoms in total. The summed E-state index contributed by atoms with van der Waals surface area (Å²) in [6.45, 7) is 3.15. The Morgan fingerprint density at radius 2 is 1.96 bits per heavy atom. The number of anilines is 2. The van der Waals surface area contributed by atoms with E-state index in [1.807, 2.05) is 31.3 Å². The molecule has 0 unspecified atom stereocenters. The number of rotatable bonds is 7. The van der Waals surface area contributed by atoms with Crippen LogP contribution >= 0.6 is 11.6 Å². The lowest BCUT2D eigenvalue weighted by Gasteiger charge is -2.17. The fourth-order valence-electron chi connectivity index (χ4n) is 2.19. The normalized spacial score (nSPS) is 10.4. The van der Waals surface area contributed by atoms with Crippen LogP contribution in [0.15, 0.2) is 42.6 Å². The molecular formula is C18H22ClN3O. The van der Waals surface area contributed by atoms with Crippen LogP contribution in [0.2, 0.25) is 5.02 Å². The zero-order valence-electron chi connectivity index (χ0n) is 13.6. The van der Waals surface area contributed by atoms with Crippen molar-refractivity contribution in [2.75, 3.05) is 23.8 Å². The quantitative estimate of drug-likeness (QED) is 0.828. The summed E-state index contributed by atoms with van der Waals surface area (Å²) in [6.07, 6.45) is 4.30. The lowest BCUT2D eigenvalue weighted by Crippen LogP contribution is -2.19. The molecule has 0 bridgehead atoms. The molecule has 1 aromatic heterocycles. The maximum Gasteiger partial charge on any atom is 0.228 e. The van der Waals surface area contributed by atoms with E-state index in [9.17, 15) is 4.79 Å². The smallest absolute Gasteiger partial charge is 0.228 e. The molecule has 1 aromatic carbocycles. The SMILES string of the molecule is CCCCN(C)c1ccc(NC(=O)Cc2ccc(Cl)cc2)cn1. The van der Waals surface area contributed by atoms with E-state index in [2.05, 4.69) is 22.1 Å². The second kappa shape index (κ2) is 8.53. The van der Waals surface area contributed by atoms with Gasteiger partial charge in [-0.05, 0) is 36.2 Å². The predicted molar refractivity (Wildman–Crippen MR) is 96.2 cm³/mol. The van der Waals surface area contributed by atoms with E-state index in [0.717, 1.165) is 30.8 Å². The Kier molecular flexibility index (Phi) is 6.41. The molecule has 1 N–H and O–H groups in total. The van der Waals surface area contributed by atoms with Crippen molar-refractivity contribution in [3.05, 3.63) is 53.2 Å². The van der Waals surface area contributed by atoms with Crippen molar-refractivity contribution in [2.24, 2.45) is 0 Å². The summed E-state index contributed by atoms with van der Waals surface area (Å²) >= 11 is 5.84. The summed E-state index contributed by atoms with van der Waals surface area (Å²) in [4.78, 5) is 18.6. The number of benzene rings is 1. The van der Waals surface area contributed by atoms with Gasteiger partial charge in [0.15, 0.2) is 0 Å². The van der Waals surface area contributed by atoms with Crippen LogP contribution < -0.4 is 10.2 Å². The van der Waals surface area contributed by atoms with Crippen LogP contribution in [-0.4, -0.2) is 24.5 Å². The number of nitrogens with one attached hydrogen (secondary N) is 1. The molecule has 1 amide bonds. The number of hydrogen-bond donors (Lipinski definition) is 1. The molecule has 0 spiro atoms. The van der Waals surface area contributed by atoms with Crippen LogP contribution in [0, 0.1) is 0 Å². The number of carbonyl (C=O) groups excluding carboxylic acids is 1. The first-order valence-electron chi connectivity index (χ1n) is 7.80. The maximum atomic E-state index is 12.0. The second-order valence-corrected chi connectivity index (χ2v) is 5.97. The minimum atomic E-state index is -0.0683. The van der Waals surface area contributed by atoms with Gasteiger partial charge in [0, 0.05) is 18.6 Å². The van der Waals surface area contributed by atoms with Crippen LogP contribution in [0.3, 0.4) is 0 Å². The van der Waals surface area contributed by atoms with Gasteiger partial charge in [-0.15, -0.1) is 0 Å². The molecule has 1 heterocycles. The highest BCUT2D eigenvalue weighted by Gasteiger charge is 2.06. The molecule has 2 rings (SSSR count). The molecule has 2 aromatic rings. The lowest BCUT2D eigenvalue weighted by atomic mass is 10.1. The van der Waals surface area contributed by atoms with E-state index in [-0.39, 0.29) is 5.91 Å². The van der Waals surface area contributed by atoms with Gasteiger partial charge in [-0.3, -0.25) is 4.79 Å². The summed E-state index contributed by atoms with van der Waals surface area (Å²) in [5, 5.41) is 3.53. The Morgan fingerprint density at radius 1 is 1.22 bits per heavy atom. The highest BCUT2D eigenvalue weighted by Crippen LogP contribution is 2.14. The minimum absolute atomic E-state index is 0.0683. The number of halogens is 1. The van der Waals surface area contributed by atoms with Crippen LogP contribution in [0.1, 0.15) is 25.3 Å². The standard InChI is InChI=1S/C18H22ClN3O/c1-3-4-11-22(2)17-10-9-16(13-20-17)21-18(23)12-14-5-7-15(19)8-6-14/h5-10,13H,3-4,11-12H2,1-2H3,(H,21,23). The summed E-state index contributed by atoms with van der Waals surface area (Å²) in [5.74, 6) is 0.843. The van der Waals surface area contributed by atoms with Gasteiger partial charge in [0.05, 0.1) is 18.3 Å². The number of hydrogen-bond acceptors (Lipinski definition) is 3. The average molecular weight is 332 g/mol. The van der Waals surface area contributed by atoms with Crippen LogP contribution in [0.4, 0.5) is 11.5 Å². The number of unbranched alkanes of at least 4 members (excludes halogenated alkanes) is 1. The molecule has 23 heavy (non-hydrogen) atoms. The van der Waals surface area contributed by atoms with E-state index in [0.29, 0.717) is 17.1 Å². The van der Waals surface area contributed by atoms with E-state index in [4.69, 9.17) is 11.6 Å². The van der Waals surface area contributed by atoms with Gasteiger partial charge in [0.25, 0.3) is 0 Å². The molecule has 0 saturated carbocycles. The van der Waals surface area contributed by atoms with Crippen LogP contribution in [-0.2, 0) is 11.2 Å². The van der Waals surface area contributed by atoms with Gasteiger partial charge in [-0.2, -0.15) is 0 Å². The van der Waals surface area contributed by atoms with Crippen LogP contribution in [0.5, 0.6) is 0 Å². The molecule has 0 aliphatic carbocycles. The topological polar surface area (TPSA) is 45.2 Å². The average Bonchev–Trinajstić information content (AvgIpc) is 2.55. The molecule has 122 valence electrons. The van der Waals surface area contributed by atoms with E-state index >= 15 is 0 Å². The first-order chi connectivity index (χ1) is 11.1. The third-order valence-corrected chi connectivity index (χ3v) is 3.80. The Balaban J connectivity index is 1.89. The van der Waals surface area contributed by atoms with Crippen molar-refractivity contribution in [2.45, 2.75) is 26.2 Å². The summed E-state index contributed by atoms with van der Waals surface area (Å²) in [6, 6.07) is 11.1. The number of carbonyl (C=O) groups is 1. The van der Waals surface area contributed by atoms with Crippen molar-refractivity contribution in [3.63, 3.8) is 0 Å². The molecular weight excluding hydrogens is 310 g/mol. The van der Waals surface area contributed by atoms with Crippen molar-refractivity contribution in [3.8, 4) is 0 Å². The summed E-state index contributed by atoms with van der Waals surface area (Å²) in [5.41, 5.74) is 1.63. The van der Waals surface area contributed by atoms with E-state index < -0.39 is 0 Å². The van der Waals surface area contributed by atoms with E-state index in [1.54, 1.807) is 18.3 Å². The number of amides is 1. The highest BCUT2D eigenvalue weighted by atomic mass is 35.5. The molecule has 0 atom stereocenters. The highest BCUT2D eigenvalue weighted by molar-refractivity contribution is 6.30. The van der Waals surface area contributed by atoms with Crippen molar-refractivity contribution in [1.82, 2.24) is 4.98 Å². The van der Waals surface area contributed by atoms with Gasteiger partial charge in [0.1, 0.15) is 5.82 Å². The van der Waals surface area contributed by atoms with Gasteiger partial charge in [-0.1, -0.05) is 37.1 Å². The largest absolute Gasteiger partial charge is 0.360 e. The molecule has 0 radical (unpaired) electrons. The zero-order valence-corrected chi connectivity index (χ0v) is 14.3. The molecule has 0 aliphatic heterocycles. The summed E-state index contributed by atoms with van der Waals surface area (Å²) in [7, 11) is 2.02. The van der Waals surface area contributed by atoms with Gasteiger partial charge in [-0.25, -0.2) is 4.98 Å². The van der Waals surface area contributed by atoms with Gasteiger partial charge in [0.2, 0.25) is 5.91 Å². The Morgan fingerprint density at radius 3 is 2.57 bits per heavy atom. The van der Waals surface area contributed by atoms with Crippen molar-refractivity contribution < 1.29 is 4.79 Å². The van der Waals surface area contributed by atoms with Gasteiger partial charge < -0.3 is 10.2 Å². The fraction of sp³-hybridized carbons (Fsp3) is 0.333.